The number of anilines is 3. The summed E-state index contributed by atoms with van der Waals surface area (Å²) in [7, 11) is 1.28. The molecule has 4 aliphatic rings. The van der Waals surface area contributed by atoms with E-state index in [1.807, 2.05) is 31.2 Å². The third kappa shape index (κ3) is 17.4. The van der Waals surface area contributed by atoms with Crippen LogP contribution in [0.15, 0.2) is 146 Å². The Hall–Kier alpha value is -10.2. The number of nitrogens with zero attached hydrogens (tertiary/aromatic N) is 7. The average molecular weight is 1190 g/mol. The zero-order valence-corrected chi connectivity index (χ0v) is 48.0. The number of aryl methyl sites for hydroxylation is 1. The number of carbonyl (C=O) groups is 9. The fourth-order valence-electron chi connectivity index (χ4n) is 9.61. The number of amides is 10. The number of ether oxygens (including phenoxy) is 2. The Balaban J connectivity index is 0.000000170. The number of piperazine rings is 3. The number of rotatable bonds is 9. The molecular weight excluding hydrogens is 1130 g/mol. The fourth-order valence-corrected chi connectivity index (χ4v) is 9.61. The van der Waals surface area contributed by atoms with Gasteiger partial charge in [-0.25, -0.2) is 32.8 Å². The summed E-state index contributed by atoms with van der Waals surface area (Å²) in [5.74, 6) is -3.03. The van der Waals surface area contributed by atoms with Gasteiger partial charge in [0.15, 0.2) is 0 Å². The van der Waals surface area contributed by atoms with E-state index in [0.29, 0.717) is 144 Å². The van der Waals surface area contributed by atoms with Crippen molar-refractivity contribution in [2.75, 3.05) is 128 Å². The maximum Gasteiger partial charge on any atom is 0.337 e. The molecule has 6 aromatic carbocycles. The summed E-state index contributed by atoms with van der Waals surface area (Å²) in [6.07, 6.45) is 0. The summed E-state index contributed by atoms with van der Waals surface area (Å²) in [6.45, 7) is 8.84. The van der Waals surface area contributed by atoms with Crippen LogP contribution in [-0.2, 0) is 9.47 Å². The summed E-state index contributed by atoms with van der Waals surface area (Å²) in [6, 6.07) is 37.0. The minimum absolute atomic E-state index is 0.0539. The second kappa shape index (κ2) is 30.0. The van der Waals surface area contributed by atoms with Gasteiger partial charge in [0.2, 0.25) is 0 Å². The van der Waals surface area contributed by atoms with Crippen LogP contribution in [0, 0.1) is 18.6 Å². The maximum absolute atomic E-state index is 13.0. The van der Waals surface area contributed by atoms with Gasteiger partial charge in [0.1, 0.15) is 11.6 Å². The lowest BCUT2D eigenvalue weighted by molar-refractivity contribution is 0.0302. The number of carbonyl (C=O) groups excluding carboxylic acids is 8. The Morgan fingerprint density at radius 3 is 1.00 bits per heavy atom. The van der Waals surface area contributed by atoms with Crippen molar-refractivity contribution in [3.63, 3.8) is 0 Å². The highest BCUT2D eigenvalue weighted by Gasteiger charge is 2.29. The average Bonchev–Trinajstić information content (AvgIpc) is 3.40. The van der Waals surface area contributed by atoms with Gasteiger partial charge in [-0.15, -0.1) is 0 Å². The monoisotopic (exact) mass is 1190 g/mol. The van der Waals surface area contributed by atoms with Gasteiger partial charge in [-0.3, -0.25) is 19.2 Å². The van der Waals surface area contributed by atoms with Gasteiger partial charge in [-0.1, -0.05) is 35.9 Å². The van der Waals surface area contributed by atoms with Gasteiger partial charge >= 0.3 is 30.0 Å². The lowest BCUT2D eigenvalue weighted by Crippen LogP contribution is -2.51. The number of morpholine rings is 1. The van der Waals surface area contributed by atoms with Gasteiger partial charge in [-0.2, -0.15) is 0 Å². The molecule has 4 fully saturated rings. The van der Waals surface area contributed by atoms with Gasteiger partial charge in [0.05, 0.1) is 31.5 Å². The van der Waals surface area contributed by atoms with Crippen molar-refractivity contribution < 1.29 is 66.5 Å². The molecule has 22 nitrogen and oxygen atoms in total. The van der Waals surface area contributed by atoms with E-state index in [1.54, 1.807) is 82.8 Å². The molecule has 0 atom stereocenters. The van der Waals surface area contributed by atoms with Crippen LogP contribution in [0.4, 0.5) is 40.2 Å². The van der Waals surface area contributed by atoms with Crippen LogP contribution in [0.3, 0.4) is 0 Å². The Morgan fingerprint density at radius 1 is 0.391 bits per heavy atom. The summed E-state index contributed by atoms with van der Waals surface area (Å²) in [5.41, 5.74) is 4.94. The van der Waals surface area contributed by atoms with Crippen LogP contribution in [0.5, 0.6) is 0 Å². The second-order valence-electron chi connectivity index (χ2n) is 20.5. The number of aromatic carboxylic acids is 1. The number of hydrogen-bond donors (Lipinski definition) is 4. The van der Waals surface area contributed by atoms with E-state index in [9.17, 15) is 51.9 Å². The van der Waals surface area contributed by atoms with Gasteiger partial charge in [0, 0.05) is 131 Å². The second-order valence-corrected chi connectivity index (χ2v) is 20.5. The number of hydrogen-bond acceptors (Lipinski definition) is 11. The van der Waals surface area contributed by atoms with E-state index in [0.717, 1.165) is 11.3 Å². The summed E-state index contributed by atoms with van der Waals surface area (Å²) in [4.78, 5) is 122. The molecule has 10 amide bonds. The molecule has 87 heavy (non-hydrogen) atoms. The number of methoxy groups -OCH3 is 1. The van der Waals surface area contributed by atoms with Crippen molar-refractivity contribution in [1.29, 1.82) is 0 Å². The molecule has 0 spiro atoms. The molecule has 0 saturated carbocycles. The highest BCUT2D eigenvalue weighted by Crippen LogP contribution is 2.19. The van der Waals surface area contributed by atoms with E-state index >= 15 is 0 Å². The number of carboxylic acid groups (broad SMARTS) is 1. The van der Waals surface area contributed by atoms with Crippen molar-refractivity contribution in [2.24, 2.45) is 0 Å². The largest absolute Gasteiger partial charge is 0.478 e. The summed E-state index contributed by atoms with van der Waals surface area (Å²) >= 11 is 0. The number of nitrogens with one attached hydrogen (secondary N) is 3. The van der Waals surface area contributed by atoms with Crippen LogP contribution in [-0.4, -0.2) is 205 Å². The van der Waals surface area contributed by atoms with Crippen LogP contribution < -0.4 is 16.0 Å². The van der Waals surface area contributed by atoms with Crippen LogP contribution >= 0.6 is 0 Å². The SMILES string of the molecule is COC(=O)c1cccc(C(=O)N2CCN(C(=O)Nc3ccc(F)cc3)CC2)c1.Cc1ccc(NC(=O)N2CCN(C(=O)c3cccc(C(=O)N4CCOCC4)c3)CC2)cc1.O=C(O)c1cccc(C(=O)N2CCN(C(=O)Nc3ccc(F)cc3)CC2)c1. The van der Waals surface area contributed by atoms with Crippen molar-refractivity contribution in [3.8, 4) is 0 Å². The number of halogens is 2. The molecule has 4 N–H and O–H groups in total. The summed E-state index contributed by atoms with van der Waals surface area (Å²) in [5, 5.41) is 17.3. The Labute approximate surface area is 500 Å². The van der Waals surface area contributed by atoms with E-state index in [-0.39, 0.29) is 58.9 Å². The first-order chi connectivity index (χ1) is 41.9. The molecule has 4 saturated heterocycles. The van der Waals surface area contributed by atoms with Crippen LogP contribution in [0.2, 0.25) is 0 Å². The number of benzene rings is 6. The topological polar surface area (TPSA) is 251 Å². The van der Waals surface area contributed by atoms with Crippen molar-refractivity contribution in [2.45, 2.75) is 6.92 Å². The highest BCUT2D eigenvalue weighted by atomic mass is 19.1. The minimum Gasteiger partial charge on any atom is -0.478 e. The molecular formula is C63H66F2N10O12. The number of urea groups is 3. The van der Waals surface area contributed by atoms with E-state index in [2.05, 4.69) is 20.7 Å². The van der Waals surface area contributed by atoms with E-state index < -0.39 is 11.9 Å². The zero-order valence-electron chi connectivity index (χ0n) is 48.0. The molecule has 10 rings (SSSR count). The molecule has 24 heteroatoms. The smallest absolute Gasteiger partial charge is 0.337 e. The van der Waals surface area contributed by atoms with Crippen LogP contribution in [0.1, 0.15) is 67.7 Å². The van der Waals surface area contributed by atoms with Crippen LogP contribution in [0.25, 0.3) is 0 Å². The van der Waals surface area contributed by atoms with Crippen molar-refractivity contribution in [3.05, 3.63) is 196 Å². The van der Waals surface area contributed by atoms with Crippen molar-refractivity contribution >= 4 is 70.7 Å². The highest BCUT2D eigenvalue weighted by molar-refractivity contribution is 6.01. The normalized spacial score (nSPS) is 14.9. The molecule has 4 aliphatic heterocycles. The van der Waals surface area contributed by atoms with E-state index in [1.165, 1.54) is 79.9 Å². The number of esters is 1. The predicted molar refractivity (Wildman–Crippen MR) is 318 cm³/mol. The predicted octanol–water partition coefficient (Wildman–Crippen LogP) is 7.57. The van der Waals surface area contributed by atoms with Gasteiger partial charge < -0.3 is 64.8 Å². The van der Waals surface area contributed by atoms with Crippen molar-refractivity contribution in [1.82, 2.24) is 34.3 Å². The lowest BCUT2D eigenvalue weighted by atomic mass is 10.1. The lowest BCUT2D eigenvalue weighted by Gasteiger charge is -2.34. The molecule has 6 aromatic rings. The molecule has 4 heterocycles. The Morgan fingerprint density at radius 2 is 0.667 bits per heavy atom. The molecule has 0 radical (unpaired) electrons. The van der Waals surface area contributed by atoms with Gasteiger partial charge in [-0.05, 0) is 122 Å². The molecule has 454 valence electrons. The molecule has 0 aliphatic carbocycles. The third-order valence-electron chi connectivity index (χ3n) is 14.6. The Kier molecular flexibility index (Phi) is 21.7. The standard InChI is InChI=1S/C24H28N4O4.C20H20FN3O4.C19H18FN3O4/c1-18-5-7-21(8-6-18)25-24(31)28-11-9-26(10-12-28)22(29)19-3-2-4-20(17-19)23(30)27-13-15-32-16-14-27;1-28-19(26)15-4-2-3-14(13-15)18(25)23-9-11-24(12-10-23)20(27)22-17-7-5-16(21)6-8-17;20-15-4-6-16(7-5-15)21-19(27)23-10-8-22(9-11-23)17(24)13-2-1-3-14(12-13)18(25)26/h2-8,17H,9-16H2,1H3,(H,25,31);2-8,13H,9-12H2,1H3,(H,22,27);1-7,12H,8-11H2,(H,21,27)(H,25,26). The number of carboxylic acids is 1. The Bertz CT molecular complexity index is 3440. The maximum atomic E-state index is 13.0. The quantitative estimate of drug-likeness (QED) is 0.102. The minimum atomic E-state index is -1.09. The first-order valence-corrected chi connectivity index (χ1v) is 28.0. The summed E-state index contributed by atoms with van der Waals surface area (Å²) < 4.78 is 35.8. The zero-order chi connectivity index (χ0) is 62.0. The third-order valence-corrected chi connectivity index (χ3v) is 14.6. The fraction of sp³-hybridized carbons (Fsp3) is 0.286. The first kappa shape index (κ1) is 62.8. The molecule has 0 unspecified atom stereocenters. The molecule has 0 bridgehead atoms. The molecule has 0 aromatic heterocycles. The first-order valence-electron chi connectivity index (χ1n) is 28.0. The van der Waals surface area contributed by atoms with E-state index in [4.69, 9.17) is 9.84 Å². The van der Waals surface area contributed by atoms with Gasteiger partial charge in [0.25, 0.3) is 23.6 Å².